The molecular weight excluding hydrogens is 468 g/mol. The van der Waals surface area contributed by atoms with E-state index in [1.807, 2.05) is 47.5 Å². The van der Waals surface area contributed by atoms with E-state index in [0.29, 0.717) is 16.8 Å². The maximum atomic E-state index is 13.9. The fourth-order valence-corrected chi connectivity index (χ4v) is 5.85. The average molecular weight is 493 g/mol. The highest BCUT2D eigenvalue weighted by atomic mass is 16.5. The Balaban J connectivity index is 1.43. The van der Waals surface area contributed by atoms with E-state index < -0.39 is 35.8 Å². The third kappa shape index (κ3) is 3.49. The predicted octanol–water partition coefficient (Wildman–Crippen LogP) is 4.26. The first-order valence-corrected chi connectivity index (χ1v) is 12.3. The first-order chi connectivity index (χ1) is 18.0. The van der Waals surface area contributed by atoms with Gasteiger partial charge >= 0.3 is 5.97 Å². The molecule has 0 spiro atoms. The number of carbonyl (C=O) groups is 4. The van der Waals surface area contributed by atoms with E-state index in [1.165, 1.54) is 4.90 Å². The number of nitrogens with zero attached hydrogens (tertiary/aromatic N) is 2. The third-order valence-electron chi connectivity index (χ3n) is 7.43. The van der Waals surface area contributed by atoms with Crippen molar-refractivity contribution >= 4 is 35.3 Å². The van der Waals surface area contributed by atoms with E-state index in [0.717, 1.165) is 11.1 Å². The highest BCUT2D eigenvalue weighted by Crippen LogP contribution is 2.53. The molecule has 2 amide bonds. The molecule has 3 aliphatic rings. The second kappa shape index (κ2) is 8.85. The summed E-state index contributed by atoms with van der Waals surface area (Å²) in [5.41, 5.74) is 3.09. The number of hydrogen-bond donors (Lipinski definition) is 0. The molecule has 0 radical (unpaired) electrons. The topological polar surface area (TPSA) is 84.0 Å². The molecular formula is C30H24N2O5. The van der Waals surface area contributed by atoms with Crippen molar-refractivity contribution < 1.29 is 23.9 Å². The van der Waals surface area contributed by atoms with Gasteiger partial charge in [0.25, 0.3) is 0 Å². The summed E-state index contributed by atoms with van der Waals surface area (Å²) in [5, 5.41) is 0. The Kier molecular flexibility index (Phi) is 5.48. The van der Waals surface area contributed by atoms with Crippen molar-refractivity contribution in [2.45, 2.75) is 19.0 Å². The Bertz CT molecular complexity index is 1450. The van der Waals surface area contributed by atoms with Gasteiger partial charge in [-0.15, -0.1) is 0 Å². The van der Waals surface area contributed by atoms with E-state index in [2.05, 4.69) is 0 Å². The largest absolute Gasteiger partial charge is 0.462 e. The standard InChI is InChI=1S/C30H24N2O5/c1-2-37-30(36)20-12-14-21(15-13-20)32-28(34)23-24(29(32)35)26(27(33)19-9-4-3-5-10-19)31-17-16-18-8-6-7-11-22(18)25(23)31/h3-17,23-26H,2H2,1H3/t23-,24+,25+,26-/m0/s1. The minimum atomic E-state index is -0.842. The lowest BCUT2D eigenvalue weighted by molar-refractivity contribution is -0.123. The number of carbonyl (C=O) groups excluding carboxylic acids is 4. The zero-order chi connectivity index (χ0) is 25.7. The van der Waals surface area contributed by atoms with Crippen LogP contribution in [0.1, 0.15) is 44.8 Å². The van der Waals surface area contributed by atoms with E-state index in [1.54, 1.807) is 55.5 Å². The van der Waals surface area contributed by atoms with Crippen molar-refractivity contribution in [3.63, 3.8) is 0 Å². The van der Waals surface area contributed by atoms with Crippen LogP contribution in [-0.2, 0) is 14.3 Å². The zero-order valence-electron chi connectivity index (χ0n) is 20.1. The van der Waals surface area contributed by atoms with E-state index in [9.17, 15) is 19.2 Å². The van der Waals surface area contributed by atoms with Gasteiger partial charge in [-0.25, -0.2) is 9.69 Å². The van der Waals surface area contributed by atoms with Crippen LogP contribution in [-0.4, -0.2) is 41.1 Å². The summed E-state index contributed by atoms with van der Waals surface area (Å²) < 4.78 is 5.04. The molecule has 3 aromatic rings. The number of benzene rings is 3. The molecule has 37 heavy (non-hydrogen) atoms. The van der Waals surface area contributed by atoms with Gasteiger partial charge in [0.05, 0.1) is 35.7 Å². The van der Waals surface area contributed by atoms with Gasteiger partial charge in [-0.05, 0) is 48.4 Å². The molecule has 0 unspecified atom stereocenters. The minimum absolute atomic E-state index is 0.192. The van der Waals surface area contributed by atoms with Crippen LogP contribution in [0, 0.1) is 11.8 Å². The second-order valence-electron chi connectivity index (χ2n) is 9.34. The Hall–Kier alpha value is -4.52. The Labute approximate surface area is 213 Å². The third-order valence-corrected chi connectivity index (χ3v) is 7.43. The van der Waals surface area contributed by atoms with Crippen LogP contribution in [0.15, 0.2) is 85.1 Å². The van der Waals surface area contributed by atoms with Gasteiger partial charge in [0.15, 0.2) is 5.78 Å². The zero-order valence-corrected chi connectivity index (χ0v) is 20.1. The van der Waals surface area contributed by atoms with E-state index >= 15 is 0 Å². The normalized spacial score (nSPS) is 23.5. The summed E-state index contributed by atoms with van der Waals surface area (Å²) in [4.78, 5) is 56.8. The fraction of sp³-hybridized carbons (Fsp3) is 0.200. The number of ketones is 1. The maximum Gasteiger partial charge on any atom is 0.338 e. The number of ether oxygens (including phenoxy) is 1. The molecule has 0 aliphatic carbocycles. The molecule has 2 saturated heterocycles. The van der Waals surface area contributed by atoms with Crippen LogP contribution < -0.4 is 4.90 Å². The van der Waals surface area contributed by atoms with Crippen LogP contribution >= 0.6 is 0 Å². The summed E-state index contributed by atoms with van der Waals surface area (Å²) in [6, 6.07) is 21.6. The average Bonchev–Trinajstić information content (AvgIpc) is 3.41. The number of rotatable bonds is 5. The quantitative estimate of drug-likeness (QED) is 0.301. The van der Waals surface area contributed by atoms with Gasteiger partial charge < -0.3 is 9.64 Å². The number of hydrogen-bond acceptors (Lipinski definition) is 6. The molecule has 2 fully saturated rings. The van der Waals surface area contributed by atoms with Gasteiger partial charge in [-0.2, -0.15) is 0 Å². The number of fused-ring (bicyclic) bond motifs is 5. The summed E-state index contributed by atoms with van der Waals surface area (Å²) in [6.07, 6.45) is 3.77. The van der Waals surface area contributed by atoms with Crippen LogP contribution in [0.5, 0.6) is 0 Å². The number of amides is 2. The van der Waals surface area contributed by atoms with Crippen LogP contribution in [0.2, 0.25) is 0 Å². The number of anilines is 1. The molecule has 7 nitrogen and oxygen atoms in total. The first kappa shape index (κ1) is 22.9. The van der Waals surface area contributed by atoms with Crippen molar-refractivity contribution in [1.82, 2.24) is 4.90 Å². The monoisotopic (exact) mass is 492 g/mol. The van der Waals surface area contributed by atoms with Crippen molar-refractivity contribution in [2.75, 3.05) is 11.5 Å². The van der Waals surface area contributed by atoms with Crippen molar-refractivity contribution in [1.29, 1.82) is 0 Å². The maximum absolute atomic E-state index is 13.9. The van der Waals surface area contributed by atoms with E-state index in [4.69, 9.17) is 4.74 Å². The van der Waals surface area contributed by atoms with Gasteiger partial charge in [0, 0.05) is 11.8 Å². The number of imide groups is 1. The molecule has 0 aromatic heterocycles. The summed E-state index contributed by atoms with van der Waals surface area (Å²) in [7, 11) is 0. The predicted molar refractivity (Wildman–Crippen MR) is 136 cm³/mol. The molecule has 6 rings (SSSR count). The van der Waals surface area contributed by atoms with Gasteiger partial charge in [-0.1, -0.05) is 54.6 Å². The highest BCUT2D eigenvalue weighted by molar-refractivity contribution is 6.24. The van der Waals surface area contributed by atoms with Gasteiger partial charge in [0.2, 0.25) is 11.8 Å². The molecule has 3 heterocycles. The molecule has 0 saturated carbocycles. The Morgan fingerprint density at radius 2 is 1.49 bits per heavy atom. The molecule has 3 aliphatic heterocycles. The molecule has 184 valence electrons. The van der Waals surface area contributed by atoms with Gasteiger partial charge in [0.1, 0.15) is 6.04 Å². The molecule has 3 aromatic carbocycles. The van der Waals surface area contributed by atoms with Crippen LogP contribution in [0.25, 0.3) is 6.08 Å². The Morgan fingerprint density at radius 1 is 0.811 bits per heavy atom. The summed E-state index contributed by atoms with van der Waals surface area (Å²) >= 11 is 0. The Morgan fingerprint density at radius 3 is 2.22 bits per heavy atom. The molecule has 4 atom stereocenters. The summed E-state index contributed by atoms with van der Waals surface area (Å²) in [5.74, 6) is -2.98. The fourth-order valence-electron chi connectivity index (χ4n) is 5.85. The lowest BCUT2D eigenvalue weighted by Crippen LogP contribution is -2.44. The minimum Gasteiger partial charge on any atom is -0.462 e. The van der Waals surface area contributed by atoms with E-state index in [-0.39, 0.29) is 18.3 Å². The molecule has 0 bridgehead atoms. The van der Waals surface area contributed by atoms with Crippen molar-refractivity contribution in [2.24, 2.45) is 11.8 Å². The lowest BCUT2D eigenvalue weighted by atomic mass is 9.83. The van der Waals surface area contributed by atoms with Gasteiger partial charge in [-0.3, -0.25) is 14.4 Å². The van der Waals surface area contributed by atoms with Crippen LogP contribution in [0.4, 0.5) is 5.69 Å². The lowest BCUT2D eigenvalue weighted by Gasteiger charge is -2.35. The molecule has 7 heteroatoms. The van der Waals surface area contributed by atoms with Crippen molar-refractivity contribution in [3.05, 3.63) is 107 Å². The number of esters is 1. The SMILES string of the molecule is CCOC(=O)c1ccc(N2C(=O)[C@@H]3[C@H](C2=O)[C@H]2c4ccccc4C=CN2[C@@H]3C(=O)c2ccccc2)cc1. The summed E-state index contributed by atoms with van der Waals surface area (Å²) in [6.45, 7) is 1.97. The first-order valence-electron chi connectivity index (χ1n) is 12.3. The highest BCUT2D eigenvalue weighted by Gasteiger charge is 2.64. The van der Waals surface area contributed by atoms with Crippen molar-refractivity contribution in [3.8, 4) is 0 Å². The smallest absolute Gasteiger partial charge is 0.338 e. The van der Waals surface area contributed by atoms with Crippen LogP contribution in [0.3, 0.4) is 0 Å². The number of Topliss-reactive ketones (excluding diaryl/α,β-unsaturated/α-hetero) is 1. The molecule has 0 N–H and O–H groups in total. The second-order valence-corrected chi connectivity index (χ2v) is 9.34.